The van der Waals surface area contributed by atoms with Crippen LogP contribution < -0.4 is 20.9 Å². The summed E-state index contributed by atoms with van der Waals surface area (Å²) in [7, 11) is 0. The molecule has 4 saturated carbocycles. The molecule has 0 aliphatic heterocycles. The van der Waals surface area contributed by atoms with Gasteiger partial charge in [-0.05, 0) is 92.7 Å². The van der Waals surface area contributed by atoms with Crippen LogP contribution in [0.15, 0.2) is 54.6 Å². The Hall–Kier alpha value is -3.98. The minimum absolute atomic E-state index is 0.0301. The summed E-state index contributed by atoms with van der Waals surface area (Å²) in [6.07, 6.45) is 7.67. The Morgan fingerprint density at radius 3 is 1.75 bits per heavy atom. The molecular weight excluding hydrogens is 452 g/mol. The summed E-state index contributed by atoms with van der Waals surface area (Å²) in [5.41, 5.74) is 12.8. The molecule has 6 N–H and O–H groups in total. The highest BCUT2D eigenvalue weighted by atomic mass is 16.5. The predicted molar refractivity (Wildman–Crippen MR) is 139 cm³/mol. The molecule has 0 spiro atoms. The molecule has 3 aromatic carbocycles. The van der Waals surface area contributed by atoms with E-state index in [-0.39, 0.29) is 16.9 Å². The van der Waals surface area contributed by atoms with Crippen LogP contribution >= 0.6 is 0 Å². The van der Waals surface area contributed by atoms with E-state index < -0.39 is 0 Å². The number of phenolic OH excluding ortho intramolecular Hbond substituents is 2. The lowest BCUT2D eigenvalue weighted by Gasteiger charge is -2.54. The van der Waals surface area contributed by atoms with Crippen LogP contribution in [-0.4, -0.2) is 10.2 Å². The van der Waals surface area contributed by atoms with Crippen LogP contribution in [0, 0.1) is 35.0 Å². The van der Waals surface area contributed by atoms with Gasteiger partial charge in [-0.15, -0.1) is 0 Å². The Morgan fingerprint density at radius 2 is 1.19 bits per heavy atom. The van der Waals surface area contributed by atoms with Crippen LogP contribution in [0.1, 0.15) is 44.1 Å². The molecule has 0 amide bonds. The van der Waals surface area contributed by atoms with Gasteiger partial charge in [-0.1, -0.05) is 11.8 Å². The van der Waals surface area contributed by atoms with Crippen molar-refractivity contribution in [2.45, 2.75) is 38.5 Å². The number of rotatable bonds is 4. The van der Waals surface area contributed by atoms with E-state index in [0.717, 1.165) is 17.8 Å². The van der Waals surface area contributed by atoms with Gasteiger partial charge in [-0.25, -0.2) is 0 Å². The number of hydrogen-bond acceptors (Lipinski definition) is 6. The molecule has 6 heteroatoms. The third-order valence-electron chi connectivity index (χ3n) is 7.92. The van der Waals surface area contributed by atoms with E-state index in [1.807, 2.05) is 12.1 Å². The Bertz CT molecular complexity index is 1350. The van der Waals surface area contributed by atoms with Gasteiger partial charge in [0.25, 0.3) is 0 Å². The molecule has 4 fully saturated rings. The fourth-order valence-corrected chi connectivity index (χ4v) is 6.66. The van der Waals surface area contributed by atoms with Gasteiger partial charge in [-0.3, -0.25) is 0 Å². The highest BCUT2D eigenvalue weighted by molar-refractivity contribution is 5.58. The number of phenols is 2. The number of hydrogen-bond donors (Lipinski definition) is 4. The summed E-state index contributed by atoms with van der Waals surface area (Å²) in [5.74, 6) is 11.6. The molecule has 0 atom stereocenters. The summed E-state index contributed by atoms with van der Waals surface area (Å²) in [6, 6.07) is 15.1. The fourth-order valence-electron chi connectivity index (χ4n) is 6.66. The lowest BCUT2D eigenvalue weighted by atomic mass is 9.50. The van der Waals surface area contributed by atoms with E-state index in [9.17, 15) is 10.2 Å². The zero-order valence-corrected chi connectivity index (χ0v) is 20.0. The molecule has 0 radical (unpaired) electrons. The first-order valence-electron chi connectivity index (χ1n) is 12.5. The minimum Gasteiger partial charge on any atom is -0.506 e. The standard InChI is InChI=1S/C30H30N2O4/c31-25-4-1-23(13-27(25)33)35-22-3-6-29(36-24-2-5-26(32)28(34)14-24)21(12-22)7-8-30-15-18-9-19(16-30)11-20(10-18)17-30/h1-6,12-14,18-20,33-34H,9-11,15-17,31-32H2. The number of nitrogens with two attached hydrogens (primary N) is 2. The second kappa shape index (κ2) is 8.60. The minimum atomic E-state index is -0.0307. The van der Waals surface area contributed by atoms with Crippen molar-refractivity contribution in [3.05, 3.63) is 60.2 Å². The highest BCUT2D eigenvalue weighted by Crippen LogP contribution is 2.59. The molecule has 0 heterocycles. The average Bonchev–Trinajstić information content (AvgIpc) is 2.83. The normalized spacial score (nSPS) is 25.7. The van der Waals surface area contributed by atoms with Crippen molar-refractivity contribution >= 4 is 11.4 Å². The van der Waals surface area contributed by atoms with Crippen LogP contribution in [0.5, 0.6) is 34.5 Å². The lowest BCUT2D eigenvalue weighted by molar-refractivity contribution is -0.0181. The third-order valence-corrected chi connectivity index (χ3v) is 7.92. The molecule has 6 nitrogen and oxygen atoms in total. The van der Waals surface area contributed by atoms with Crippen LogP contribution in [-0.2, 0) is 0 Å². The average molecular weight is 483 g/mol. The maximum absolute atomic E-state index is 10.0. The molecule has 3 aromatic rings. The number of nitrogen functional groups attached to an aromatic ring is 2. The second-order valence-electron chi connectivity index (χ2n) is 10.8. The molecule has 7 rings (SSSR count). The summed E-state index contributed by atoms with van der Waals surface area (Å²) < 4.78 is 12.1. The van der Waals surface area contributed by atoms with Crippen LogP contribution in [0.3, 0.4) is 0 Å². The first-order valence-corrected chi connectivity index (χ1v) is 12.5. The van der Waals surface area contributed by atoms with E-state index in [2.05, 4.69) is 11.8 Å². The SMILES string of the molecule is Nc1ccc(Oc2ccc(Oc3ccc(N)c(O)c3)c(C#CC34CC5CC(CC(C5)C3)C4)c2)cc1O. The smallest absolute Gasteiger partial charge is 0.143 e. The Morgan fingerprint density at radius 1 is 0.694 bits per heavy atom. The van der Waals surface area contributed by atoms with Crippen molar-refractivity contribution in [2.75, 3.05) is 11.5 Å². The maximum atomic E-state index is 10.0. The van der Waals surface area contributed by atoms with Crippen molar-refractivity contribution in [2.24, 2.45) is 23.2 Å². The zero-order valence-electron chi connectivity index (χ0n) is 20.0. The monoisotopic (exact) mass is 482 g/mol. The van der Waals surface area contributed by atoms with Gasteiger partial charge in [0.05, 0.1) is 16.9 Å². The van der Waals surface area contributed by atoms with Crippen LogP contribution in [0.4, 0.5) is 11.4 Å². The molecule has 0 aromatic heterocycles. The second-order valence-corrected chi connectivity index (χ2v) is 10.8. The van der Waals surface area contributed by atoms with Gasteiger partial charge >= 0.3 is 0 Å². The lowest BCUT2D eigenvalue weighted by Crippen LogP contribution is -2.45. The molecule has 0 saturated heterocycles. The van der Waals surface area contributed by atoms with Crippen molar-refractivity contribution in [3.8, 4) is 46.3 Å². The third kappa shape index (κ3) is 4.37. The van der Waals surface area contributed by atoms with E-state index in [1.165, 1.54) is 50.7 Å². The number of benzene rings is 3. The molecule has 4 bridgehead atoms. The zero-order chi connectivity index (χ0) is 24.9. The predicted octanol–water partition coefficient (Wildman–Crippen LogP) is 6.41. The number of ether oxygens (including phenoxy) is 2. The Labute approximate surface area is 210 Å². The van der Waals surface area contributed by atoms with E-state index >= 15 is 0 Å². The first kappa shape index (κ1) is 22.5. The summed E-state index contributed by atoms with van der Waals surface area (Å²) in [6.45, 7) is 0. The molecule has 0 unspecified atom stereocenters. The first-order chi connectivity index (χ1) is 17.3. The summed E-state index contributed by atoms with van der Waals surface area (Å²) in [4.78, 5) is 0. The van der Waals surface area contributed by atoms with Crippen molar-refractivity contribution in [3.63, 3.8) is 0 Å². The van der Waals surface area contributed by atoms with Gasteiger partial charge in [0.15, 0.2) is 0 Å². The Balaban J connectivity index is 1.34. The van der Waals surface area contributed by atoms with E-state index in [0.29, 0.717) is 39.9 Å². The highest BCUT2D eigenvalue weighted by Gasteiger charge is 2.50. The van der Waals surface area contributed by atoms with Crippen LogP contribution in [0.2, 0.25) is 0 Å². The van der Waals surface area contributed by atoms with Gasteiger partial charge in [0, 0.05) is 23.6 Å². The Kier molecular flexibility index (Phi) is 5.37. The van der Waals surface area contributed by atoms with Gasteiger partial charge in [0.1, 0.15) is 34.5 Å². The van der Waals surface area contributed by atoms with Gasteiger partial charge < -0.3 is 31.2 Å². The van der Waals surface area contributed by atoms with Gasteiger partial charge in [0.2, 0.25) is 0 Å². The molecule has 36 heavy (non-hydrogen) atoms. The maximum Gasteiger partial charge on any atom is 0.143 e. The molecule has 4 aliphatic carbocycles. The molecule has 4 aliphatic rings. The number of aromatic hydroxyl groups is 2. The summed E-state index contributed by atoms with van der Waals surface area (Å²) >= 11 is 0. The van der Waals surface area contributed by atoms with Crippen LogP contribution in [0.25, 0.3) is 0 Å². The molecule has 184 valence electrons. The van der Waals surface area contributed by atoms with E-state index in [1.54, 1.807) is 30.3 Å². The van der Waals surface area contributed by atoms with Crippen molar-refractivity contribution in [1.29, 1.82) is 0 Å². The quantitative estimate of drug-likeness (QED) is 0.194. The largest absolute Gasteiger partial charge is 0.506 e. The fraction of sp³-hybridized carbons (Fsp3) is 0.333. The van der Waals surface area contributed by atoms with Crippen molar-refractivity contribution in [1.82, 2.24) is 0 Å². The number of anilines is 2. The van der Waals surface area contributed by atoms with E-state index in [4.69, 9.17) is 20.9 Å². The van der Waals surface area contributed by atoms with Crippen molar-refractivity contribution < 1.29 is 19.7 Å². The van der Waals surface area contributed by atoms with Gasteiger partial charge in [-0.2, -0.15) is 0 Å². The molecular formula is C30H30N2O4. The summed E-state index contributed by atoms with van der Waals surface area (Å²) in [5, 5.41) is 20.0. The topological polar surface area (TPSA) is 111 Å².